The van der Waals surface area contributed by atoms with Crippen LogP contribution in [-0.4, -0.2) is 99.6 Å². The van der Waals surface area contributed by atoms with Crippen molar-refractivity contribution in [1.82, 2.24) is 9.80 Å². The first-order valence-corrected chi connectivity index (χ1v) is 19.4. The van der Waals surface area contributed by atoms with Crippen LogP contribution in [0.15, 0.2) is 60.7 Å². The largest absolute Gasteiger partial charge is 0.493 e. The Bertz CT molecular complexity index is 1890. The van der Waals surface area contributed by atoms with Crippen LogP contribution in [0.3, 0.4) is 0 Å². The lowest BCUT2D eigenvalue weighted by Crippen LogP contribution is -2.57. The molecule has 3 aromatic rings. The molecular weight excluding hydrogens is 724 g/mol. The number of nitrogens with zero attached hydrogens (tertiary/aromatic N) is 4. The molecule has 0 unspecified atom stereocenters. The van der Waals surface area contributed by atoms with Crippen molar-refractivity contribution in [3.05, 3.63) is 82.4 Å². The molecular formula is C38H49ClN4O9S. The highest BCUT2D eigenvalue weighted by Gasteiger charge is 2.53. The van der Waals surface area contributed by atoms with Gasteiger partial charge in [0.15, 0.2) is 11.5 Å². The monoisotopic (exact) mass is 772 g/mol. The number of anilines is 2. The average molecular weight is 773 g/mol. The molecule has 1 atom stereocenters. The summed E-state index contributed by atoms with van der Waals surface area (Å²) in [5.41, 5.74) is 0.0628. The lowest BCUT2D eigenvalue weighted by atomic mass is 9.83. The van der Waals surface area contributed by atoms with Crippen molar-refractivity contribution in [2.45, 2.75) is 63.8 Å². The minimum Gasteiger partial charge on any atom is -0.493 e. The van der Waals surface area contributed by atoms with Crippen LogP contribution in [0.2, 0.25) is 5.02 Å². The minimum absolute atomic E-state index is 0. The SMILES string of the molecule is COc1cc2c(cc1OC(C)C)[C@@](OS(=O)(=O)O)(c1ccc(Cl)cc1)N(c1ccc(N(C)CC3CCC(N4CCN(C)C(=O)C4)CC3)cc1)C(=O)C2.O. The topological polar surface area (TPSA) is 161 Å². The second kappa shape index (κ2) is 16.2. The lowest BCUT2D eigenvalue weighted by Gasteiger charge is -2.46. The average Bonchev–Trinajstić information content (AvgIpc) is 3.09. The predicted molar refractivity (Wildman–Crippen MR) is 203 cm³/mol. The summed E-state index contributed by atoms with van der Waals surface area (Å²) in [6.45, 7) is 6.72. The number of amides is 2. The maximum Gasteiger partial charge on any atom is 0.400 e. The zero-order chi connectivity index (χ0) is 37.4. The van der Waals surface area contributed by atoms with Crippen molar-refractivity contribution in [3.63, 3.8) is 0 Å². The Labute approximate surface area is 316 Å². The number of carbonyl (C=O) groups is 2. The fourth-order valence-electron chi connectivity index (χ4n) is 7.81. The summed E-state index contributed by atoms with van der Waals surface area (Å²) in [5, 5.41) is 0.383. The van der Waals surface area contributed by atoms with Crippen LogP contribution in [0.5, 0.6) is 11.5 Å². The van der Waals surface area contributed by atoms with Gasteiger partial charge in [0.1, 0.15) is 0 Å². The number of hydrogen-bond donors (Lipinski definition) is 1. The van der Waals surface area contributed by atoms with Gasteiger partial charge in [-0.25, -0.2) is 4.18 Å². The molecule has 1 saturated heterocycles. The Morgan fingerprint density at radius 3 is 2.21 bits per heavy atom. The Kier molecular flexibility index (Phi) is 12.3. The first kappa shape index (κ1) is 40.3. The number of hydrogen-bond acceptors (Lipinski definition) is 9. The number of ether oxygens (including phenoxy) is 2. The summed E-state index contributed by atoms with van der Waals surface area (Å²) in [4.78, 5) is 34.1. The van der Waals surface area contributed by atoms with Crippen LogP contribution in [0.1, 0.15) is 56.2 Å². The molecule has 2 fully saturated rings. The third-order valence-electron chi connectivity index (χ3n) is 10.4. The Morgan fingerprint density at radius 1 is 0.962 bits per heavy atom. The fraction of sp³-hybridized carbons (Fsp3) is 0.474. The zero-order valence-electron chi connectivity index (χ0n) is 30.7. The number of carbonyl (C=O) groups excluding carboxylic acids is 2. The molecule has 15 heteroatoms. The molecule has 0 radical (unpaired) electrons. The number of halogens is 1. The number of methoxy groups -OCH3 is 1. The first-order chi connectivity index (χ1) is 24.7. The summed E-state index contributed by atoms with van der Waals surface area (Å²) in [6.07, 6.45) is 3.89. The summed E-state index contributed by atoms with van der Waals surface area (Å²) in [6, 6.07) is 17.2. The van der Waals surface area contributed by atoms with Crippen LogP contribution >= 0.6 is 11.6 Å². The van der Waals surface area contributed by atoms with Gasteiger partial charge in [-0.2, -0.15) is 8.42 Å². The highest BCUT2D eigenvalue weighted by molar-refractivity contribution is 7.80. The summed E-state index contributed by atoms with van der Waals surface area (Å²) in [7, 11) is 0.195. The van der Waals surface area contributed by atoms with Crippen LogP contribution in [0.25, 0.3) is 0 Å². The van der Waals surface area contributed by atoms with Crippen LogP contribution in [0, 0.1) is 5.92 Å². The molecule has 288 valence electrons. The van der Waals surface area contributed by atoms with E-state index in [9.17, 15) is 22.6 Å². The third-order valence-corrected chi connectivity index (χ3v) is 11.1. The van der Waals surface area contributed by atoms with Crippen molar-refractivity contribution in [1.29, 1.82) is 0 Å². The number of piperazine rings is 1. The first-order valence-electron chi connectivity index (χ1n) is 17.6. The van der Waals surface area contributed by atoms with Crippen molar-refractivity contribution in [3.8, 4) is 11.5 Å². The van der Waals surface area contributed by atoms with Gasteiger partial charge in [-0.15, -0.1) is 0 Å². The summed E-state index contributed by atoms with van der Waals surface area (Å²) >= 11 is 6.26. The van der Waals surface area contributed by atoms with Gasteiger partial charge in [0.2, 0.25) is 17.5 Å². The highest BCUT2D eigenvalue weighted by Crippen LogP contribution is 2.49. The molecule has 53 heavy (non-hydrogen) atoms. The molecule has 0 spiro atoms. The van der Waals surface area contributed by atoms with E-state index in [0.29, 0.717) is 46.3 Å². The molecule has 6 rings (SSSR count). The van der Waals surface area contributed by atoms with E-state index in [1.807, 2.05) is 40.1 Å². The van der Waals surface area contributed by atoms with Gasteiger partial charge in [0.25, 0.3) is 0 Å². The van der Waals surface area contributed by atoms with E-state index in [4.69, 9.17) is 25.3 Å². The number of likely N-dealkylation sites (N-methyl/N-ethyl adjacent to an activating group) is 1. The predicted octanol–water partition coefficient (Wildman–Crippen LogP) is 4.69. The van der Waals surface area contributed by atoms with E-state index in [2.05, 4.69) is 9.80 Å². The van der Waals surface area contributed by atoms with Crippen molar-refractivity contribution in [2.24, 2.45) is 5.92 Å². The molecule has 2 amide bonds. The third kappa shape index (κ3) is 8.58. The Morgan fingerprint density at radius 2 is 1.62 bits per heavy atom. The Hall–Kier alpha value is -3.92. The molecule has 2 aliphatic heterocycles. The number of fused-ring (bicyclic) bond motifs is 1. The molecule has 13 nitrogen and oxygen atoms in total. The molecule has 1 aliphatic carbocycles. The summed E-state index contributed by atoms with van der Waals surface area (Å²) in [5.74, 6) is 0.883. The van der Waals surface area contributed by atoms with E-state index >= 15 is 0 Å². The van der Waals surface area contributed by atoms with Gasteiger partial charge in [-0.05, 0) is 99.5 Å². The van der Waals surface area contributed by atoms with E-state index in [1.165, 1.54) is 12.0 Å². The van der Waals surface area contributed by atoms with Crippen molar-refractivity contribution in [2.75, 3.05) is 57.2 Å². The standard InChI is InChI=1S/C38H47ClN4O8S.H2O/c1-25(2)50-35-22-33-27(20-34(35)49-5)21-36(44)43(38(33,51-52(46,47)48)28-8-10-29(39)11-9-28)32-16-14-30(15-17-32)41(4)23-26-6-12-31(13-7-26)42-19-18-40(3)37(45)24-42;/h8-11,14-17,20,22,25-26,31H,6-7,12-13,18-19,21,23-24H2,1-5H3,(H,46,47,48);1H2/t26?,31?,38-;/m0./s1. The smallest absolute Gasteiger partial charge is 0.400 e. The fourth-order valence-corrected chi connectivity index (χ4v) is 8.50. The molecule has 1 saturated carbocycles. The molecule has 3 aliphatic rings. The molecule has 3 N–H and O–H groups in total. The van der Waals surface area contributed by atoms with Gasteiger partial charge < -0.3 is 24.7 Å². The summed E-state index contributed by atoms with van der Waals surface area (Å²) < 4.78 is 53.2. The quantitative estimate of drug-likeness (QED) is 0.271. The Balaban J connectivity index is 0.00000541. The normalized spacial score (nSPS) is 22.3. The zero-order valence-corrected chi connectivity index (χ0v) is 32.3. The van der Waals surface area contributed by atoms with Crippen LogP contribution < -0.4 is 19.3 Å². The van der Waals surface area contributed by atoms with Gasteiger partial charge in [-0.3, -0.25) is 23.9 Å². The maximum absolute atomic E-state index is 14.3. The van der Waals surface area contributed by atoms with Gasteiger partial charge >= 0.3 is 10.4 Å². The lowest BCUT2D eigenvalue weighted by molar-refractivity contribution is -0.135. The molecule has 3 aromatic carbocycles. The molecule has 0 aromatic heterocycles. The minimum atomic E-state index is -5.18. The van der Waals surface area contributed by atoms with E-state index in [0.717, 1.165) is 51.0 Å². The highest BCUT2D eigenvalue weighted by atomic mass is 35.5. The second-order valence-corrected chi connectivity index (χ2v) is 15.7. The van der Waals surface area contributed by atoms with Crippen LogP contribution in [0.4, 0.5) is 11.4 Å². The van der Waals surface area contributed by atoms with E-state index < -0.39 is 22.0 Å². The molecule has 2 heterocycles. The number of benzene rings is 3. The second-order valence-electron chi connectivity index (χ2n) is 14.3. The van der Waals surface area contributed by atoms with Crippen molar-refractivity contribution >= 4 is 45.2 Å². The maximum atomic E-state index is 14.3. The van der Waals surface area contributed by atoms with E-state index in [-0.39, 0.29) is 35.0 Å². The van der Waals surface area contributed by atoms with Gasteiger partial charge in [0.05, 0.1) is 26.2 Å². The van der Waals surface area contributed by atoms with Crippen molar-refractivity contribution < 1.29 is 41.7 Å². The van der Waals surface area contributed by atoms with Gasteiger partial charge in [-0.1, -0.05) is 23.7 Å². The van der Waals surface area contributed by atoms with E-state index in [1.54, 1.807) is 53.4 Å². The van der Waals surface area contributed by atoms with Gasteiger partial charge in [0, 0.05) is 67.3 Å². The number of rotatable bonds is 11. The van der Waals surface area contributed by atoms with Crippen LogP contribution in [-0.2, 0) is 36.3 Å². The molecule has 0 bridgehead atoms.